The summed E-state index contributed by atoms with van der Waals surface area (Å²) in [6.45, 7) is 2.79. The Bertz CT molecular complexity index is 317. The van der Waals surface area contributed by atoms with Crippen LogP contribution in [0.4, 0.5) is 0 Å². The minimum Gasteiger partial charge on any atom is -0.388 e. The van der Waals surface area contributed by atoms with Gasteiger partial charge in [0.25, 0.3) is 0 Å². The van der Waals surface area contributed by atoms with Gasteiger partial charge >= 0.3 is 0 Å². The Morgan fingerprint density at radius 1 is 1.40 bits per heavy atom. The Morgan fingerprint density at radius 3 is 2.47 bits per heavy atom. The predicted octanol–water partition coefficient (Wildman–Crippen LogP) is 2.10. The molecule has 1 saturated carbocycles. The molecule has 0 aromatic heterocycles. The highest BCUT2D eigenvalue weighted by Crippen LogP contribution is 2.52. The first-order valence-corrected chi connectivity index (χ1v) is 5.61. The van der Waals surface area contributed by atoms with Crippen molar-refractivity contribution in [2.75, 3.05) is 6.54 Å². The summed E-state index contributed by atoms with van der Waals surface area (Å²) in [5.74, 6) is 0.701. The van der Waals surface area contributed by atoms with Gasteiger partial charge in [-0.05, 0) is 24.3 Å². The first-order chi connectivity index (χ1) is 7.18. The zero-order valence-corrected chi connectivity index (χ0v) is 9.19. The van der Waals surface area contributed by atoms with Crippen LogP contribution >= 0.6 is 0 Å². The Balaban J connectivity index is 2.17. The van der Waals surface area contributed by atoms with Crippen molar-refractivity contribution < 1.29 is 5.11 Å². The van der Waals surface area contributed by atoms with Crippen molar-refractivity contribution in [2.24, 2.45) is 17.1 Å². The second-order valence-corrected chi connectivity index (χ2v) is 4.89. The Labute approximate surface area is 91.1 Å². The van der Waals surface area contributed by atoms with Crippen molar-refractivity contribution in [3.05, 3.63) is 35.9 Å². The van der Waals surface area contributed by atoms with Crippen molar-refractivity contribution in [1.82, 2.24) is 0 Å². The molecular formula is C13H19NO. The van der Waals surface area contributed by atoms with Crippen molar-refractivity contribution in [1.29, 1.82) is 0 Å². The standard InChI is InChI=1S/C13H19NO/c1-10-7-13(8-10,9-14)12(15)11-5-3-2-4-6-11/h2-6,10,12,15H,7-9,14H2,1H3/t10?,12-,13?/m1/s1. The van der Waals surface area contributed by atoms with E-state index in [-0.39, 0.29) is 5.41 Å². The third kappa shape index (κ3) is 1.80. The van der Waals surface area contributed by atoms with Gasteiger partial charge in [0.05, 0.1) is 6.10 Å². The van der Waals surface area contributed by atoms with Gasteiger partial charge in [-0.3, -0.25) is 0 Å². The van der Waals surface area contributed by atoms with Gasteiger partial charge in [-0.2, -0.15) is 0 Å². The fourth-order valence-corrected chi connectivity index (χ4v) is 2.82. The molecule has 2 nitrogen and oxygen atoms in total. The van der Waals surface area contributed by atoms with Crippen molar-refractivity contribution in [2.45, 2.75) is 25.9 Å². The quantitative estimate of drug-likeness (QED) is 0.793. The summed E-state index contributed by atoms with van der Waals surface area (Å²) in [7, 11) is 0. The van der Waals surface area contributed by atoms with E-state index in [4.69, 9.17) is 5.73 Å². The number of aliphatic hydroxyl groups excluding tert-OH is 1. The molecule has 2 rings (SSSR count). The highest BCUT2D eigenvalue weighted by molar-refractivity contribution is 5.21. The number of benzene rings is 1. The maximum atomic E-state index is 10.3. The van der Waals surface area contributed by atoms with Crippen LogP contribution in [0.5, 0.6) is 0 Å². The molecule has 3 N–H and O–H groups in total. The van der Waals surface area contributed by atoms with E-state index in [2.05, 4.69) is 6.92 Å². The van der Waals surface area contributed by atoms with Crippen LogP contribution in [0, 0.1) is 11.3 Å². The van der Waals surface area contributed by atoms with Gasteiger partial charge < -0.3 is 10.8 Å². The van der Waals surface area contributed by atoms with Gasteiger partial charge in [-0.1, -0.05) is 37.3 Å². The molecule has 0 saturated heterocycles. The summed E-state index contributed by atoms with van der Waals surface area (Å²) in [5.41, 5.74) is 6.74. The lowest BCUT2D eigenvalue weighted by atomic mass is 9.58. The molecule has 1 aromatic rings. The smallest absolute Gasteiger partial charge is 0.0858 e. The Hall–Kier alpha value is -0.860. The van der Waals surface area contributed by atoms with E-state index < -0.39 is 6.10 Å². The molecule has 0 bridgehead atoms. The number of rotatable bonds is 3. The average molecular weight is 205 g/mol. The lowest BCUT2D eigenvalue weighted by molar-refractivity contribution is -0.0602. The maximum Gasteiger partial charge on any atom is 0.0858 e. The molecule has 1 aromatic carbocycles. The second-order valence-electron chi connectivity index (χ2n) is 4.89. The summed E-state index contributed by atoms with van der Waals surface area (Å²) >= 11 is 0. The van der Waals surface area contributed by atoms with Crippen molar-refractivity contribution in [3.8, 4) is 0 Å². The van der Waals surface area contributed by atoms with E-state index in [1.165, 1.54) is 0 Å². The molecule has 0 amide bonds. The van der Waals surface area contributed by atoms with E-state index >= 15 is 0 Å². The minimum absolute atomic E-state index is 0.0687. The number of hydrogen-bond donors (Lipinski definition) is 2. The molecule has 1 aliphatic carbocycles. The van der Waals surface area contributed by atoms with Gasteiger partial charge in [0.1, 0.15) is 0 Å². The molecule has 0 aliphatic heterocycles. The van der Waals surface area contributed by atoms with Crippen LogP contribution in [0.2, 0.25) is 0 Å². The summed E-state index contributed by atoms with van der Waals surface area (Å²) < 4.78 is 0. The fourth-order valence-electron chi connectivity index (χ4n) is 2.82. The molecule has 0 unspecified atom stereocenters. The number of hydrogen-bond acceptors (Lipinski definition) is 2. The van der Waals surface area contributed by atoms with Crippen LogP contribution < -0.4 is 5.73 Å². The van der Waals surface area contributed by atoms with Crippen LogP contribution in [-0.4, -0.2) is 11.7 Å². The average Bonchev–Trinajstić information content (AvgIpc) is 2.25. The van der Waals surface area contributed by atoms with E-state index in [0.29, 0.717) is 12.5 Å². The molecule has 15 heavy (non-hydrogen) atoms. The normalized spacial score (nSPS) is 32.1. The lowest BCUT2D eigenvalue weighted by Crippen LogP contribution is -2.46. The third-order valence-corrected chi connectivity index (χ3v) is 3.61. The van der Waals surface area contributed by atoms with Gasteiger partial charge in [-0.25, -0.2) is 0 Å². The van der Waals surface area contributed by atoms with Crippen LogP contribution in [0.1, 0.15) is 31.4 Å². The van der Waals surface area contributed by atoms with E-state index in [1.54, 1.807) is 0 Å². The molecule has 0 heterocycles. The molecule has 0 spiro atoms. The summed E-state index contributed by atoms with van der Waals surface area (Å²) in [4.78, 5) is 0. The van der Waals surface area contributed by atoms with E-state index in [0.717, 1.165) is 18.4 Å². The lowest BCUT2D eigenvalue weighted by Gasteiger charge is -2.49. The Kier molecular flexibility index (Phi) is 2.81. The maximum absolute atomic E-state index is 10.3. The van der Waals surface area contributed by atoms with Gasteiger partial charge in [-0.15, -0.1) is 0 Å². The highest BCUT2D eigenvalue weighted by atomic mass is 16.3. The van der Waals surface area contributed by atoms with Crippen LogP contribution in [-0.2, 0) is 0 Å². The van der Waals surface area contributed by atoms with Gasteiger partial charge in [0.2, 0.25) is 0 Å². The molecule has 1 fully saturated rings. The summed E-state index contributed by atoms with van der Waals surface area (Å²) in [6, 6.07) is 9.85. The zero-order chi connectivity index (χ0) is 10.9. The number of aliphatic hydroxyl groups is 1. The molecule has 1 aliphatic rings. The largest absolute Gasteiger partial charge is 0.388 e. The first kappa shape index (κ1) is 10.7. The molecule has 1 atom stereocenters. The topological polar surface area (TPSA) is 46.2 Å². The fraction of sp³-hybridized carbons (Fsp3) is 0.538. The monoisotopic (exact) mass is 205 g/mol. The van der Waals surface area contributed by atoms with E-state index in [9.17, 15) is 5.11 Å². The minimum atomic E-state index is -0.403. The van der Waals surface area contributed by atoms with Crippen molar-refractivity contribution >= 4 is 0 Å². The van der Waals surface area contributed by atoms with Crippen LogP contribution in [0.3, 0.4) is 0 Å². The van der Waals surface area contributed by atoms with Gasteiger partial charge in [0, 0.05) is 12.0 Å². The highest BCUT2D eigenvalue weighted by Gasteiger charge is 2.46. The molecular weight excluding hydrogens is 186 g/mol. The zero-order valence-electron chi connectivity index (χ0n) is 9.19. The number of nitrogens with two attached hydrogens (primary N) is 1. The summed E-state index contributed by atoms with van der Waals surface area (Å²) in [6.07, 6.45) is 1.68. The molecule has 82 valence electrons. The molecule has 2 heteroatoms. The molecule has 0 radical (unpaired) electrons. The van der Waals surface area contributed by atoms with Gasteiger partial charge in [0.15, 0.2) is 0 Å². The predicted molar refractivity (Wildman–Crippen MR) is 61.3 cm³/mol. The summed E-state index contributed by atoms with van der Waals surface area (Å²) in [5, 5.41) is 10.3. The second kappa shape index (κ2) is 3.95. The first-order valence-electron chi connectivity index (χ1n) is 5.61. The van der Waals surface area contributed by atoms with Crippen LogP contribution in [0.15, 0.2) is 30.3 Å². The van der Waals surface area contributed by atoms with Crippen molar-refractivity contribution in [3.63, 3.8) is 0 Å². The van der Waals surface area contributed by atoms with Crippen LogP contribution in [0.25, 0.3) is 0 Å². The van der Waals surface area contributed by atoms with E-state index in [1.807, 2.05) is 30.3 Å². The third-order valence-electron chi connectivity index (χ3n) is 3.61. The Morgan fingerprint density at radius 2 is 2.00 bits per heavy atom. The SMILES string of the molecule is CC1CC(CN)([C@H](O)c2ccccc2)C1.